The van der Waals surface area contributed by atoms with Crippen molar-refractivity contribution in [3.8, 4) is 0 Å². The maximum atomic E-state index is 2.57. The Morgan fingerprint density at radius 2 is 1.71 bits per heavy atom. The Balaban J connectivity index is 2.10. The molecule has 1 radical (unpaired) electrons. The van der Waals surface area contributed by atoms with Crippen LogP contribution in [0.4, 0.5) is 0 Å². The summed E-state index contributed by atoms with van der Waals surface area (Å²) in [5, 5.41) is 0.631. The molecule has 4 aliphatic rings. The molecule has 0 aromatic heterocycles. The van der Waals surface area contributed by atoms with Crippen molar-refractivity contribution in [2.24, 2.45) is 16.7 Å². The lowest BCUT2D eigenvalue weighted by Crippen LogP contribution is -2.62. The highest BCUT2D eigenvalue weighted by Crippen LogP contribution is 2.74. The fourth-order valence-corrected chi connectivity index (χ4v) is 7.30. The molecule has 4 bridgehead atoms. The van der Waals surface area contributed by atoms with Crippen molar-refractivity contribution in [2.45, 2.75) is 64.2 Å². The van der Waals surface area contributed by atoms with Gasteiger partial charge in [-0.1, -0.05) is 36.3 Å². The van der Waals surface area contributed by atoms with Crippen molar-refractivity contribution in [3.63, 3.8) is 0 Å². The third-order valence-corrected chi connectivity index (χ3v) is 8.11. The third-order valence-electron chi connectivity index (χ3n) is 6.04. The van der Waals surface area contributed by atoms with E-state index < -0.39 is 0 Å². The van der Waals surface area contributed by atoms with Gasteiger partial charge in [0, 0.05) is 0 Å². The van der Waals surface area contributed by atoms with Crippen molar-refractivity contribution in [2.75, 3.05) is 0 Å². The number of hydrogen-bond donors (Lipinski definition) is 0. The van der Waals surface area contributed by atoms with E-state index in [-0.39, 0.29) is 0 Å². The lowest BCUT2D eigenvalue weighted by atomic mass is 9.47. The molecule has 4 atom stereocenters. The Hall–Kier alpha value is 0.430. The van der Waals surface area contributed by atoms with Gasteiger partial charge >= 0.3 is 0 Å². The Morgan fingerprint density at radius 3 is 2.29 bits per heavy atom. The molecule has 4 unspecified atom stereocenters. The van der Waals surface area contributed by atoms with E-state index >= 15 is 0 Å². The Morgan fingerprint density at radius 1 is 1.00 bits per heavy atom. The van der Waals surface area contributed by atoms with Crippen molar-refractivity contribution in [3.05, 3.63) is 0 Å². The van der Waals surface area contributed by atoms with Gasteiger partial charge in [0.25, 0.3) is 0 Å². The molecule has 2 saturated heterocycles. The van der Waals surface area contributed by atoms with Crippen LogP contribution >= 0.6 is 8.58 Å². The zero-order valence-electron chi connectivity index (χ0n) is 9.93. The highest BCUT2D eigenvalue weighted by Gasteiger charge is 2.64. The summed E-state index contributed by atoms with van der Waals surface area (Å²) >= 11 is 0. The molecule has 2 aliphatic carbocycles. The summed E-state index contributed by atoms with van der Waals surface area (Å²) in [6.07, 6.45) is 6.08. The average molecular weight is 209 g/mol. The van der Waals surface area contributed by atoms with Gasteiger partial charge in [-0.05, 0) is 53.2 Å². The molecule has 79 valence electrons. The van der Waals surface area contributed by atoms with Crippen LogP contribution in [0.15, 0.2) is 0 Å². The molecule has 0 aromatic rings. The van der Waals surface area contributed by atoms with E-state index in [4.69, 9.17) is 0 Å². The first-order chi connectivity index (χ1) is 6.36. The topological polar surface area (TPSA) is 0 Å². The van der Waals surface area contributed by atoms with Gasteiger partial charge in [0.1, 0.15) is 0 Å². The predicted octanol–water partition coefficient (Wildman–Crippen LogP) is 4.31. The van der Waals surface area contributed by atoms with Gasteiger partial charge in [0.15, 0.2) is 0 Å². The molecule has 0 nitrogen and oxygen atoms in total. The van der Waals surface area contributed by atoms with E-state index in [9.17, 15) is 0 Å². The van der Waals surface area contributed by atoms with Crippen molar-refractivity contribution < 1.29 is 0 Å². The summed E-state index contributed by atoms with van der Waals surface area (Å²) in [6, 6.07) is 0. The molecule has 2 aliphatic heterocycles. The van der Waals surface area contributed by atoms with Crippen LogP contribution in [-0.4, -0.2) is 10.8 Å². The highest BCUT2D eigenvalue weighted by molar-refractivity contribution is 7.41. The maximum Gasteiger partial charge on any atom is -0.00224 e. The van der Waals surface area contributed by atoms with Crippen molar-refractivity contribution >= 4 is 8.58 Å². The van der Waals surface area contributed by atoms with Crippen molar-refractivity contribution in [1.82, 2.24) is 0 Å². The van der Waals surface area contributed by atoms with E-state index in [0.717, 1.165) is 11.6 Å². The van der Waals surface area contributed by atoms with E-state index in [1.807, 2.05) is 0 Å². The summed E-state index contributed by atoms with van der Waals surface area (Å²) in [5.41, 5.74) is 2.26. The SMILES string of the molecule is CC12CC3CC(C1)[P]C(C)(C3)C2(C)C. The molecular weight excluding hydrogens is 187 g/mol. The van der Waals surface area contributed by atoms with Crippen LogP contribution in [-0.2, 0) is 0 Å². The first-order valence-electron chi connectivity index (χ1n) is 6.08. The number of rotatable bonds is 0. The van der Waals surface area contributed by atoms with Crippen LogP contribution < -0.4 is 0 Å². The molecule has 4 rings (SSSR count). The minimum absolute atomic E-state index is 0.564. The van der Waals surface area contributed by atoms with Crippen LogP contribution in [0.25, 0.3) is 0 Å². The number of hydrogen-bond acceptors (Lipinski definition) is 0. The molecular formula is C13H22P. The van der Waals surface area contributed by atoms with Gasteiger partial charge in [-0.3, -0.25) is 0 Å². The summed E-state index contributed by atoms with van der Waals surface area (Å²) in [7, 11) is 1.78. The molecule has 4 fully saturated rings. The van der Waals surface area contributed by atoms with Gasteiger partial charge < -0.3 is 0 Å². The lowest BCUT2D eigenvalue weighted by Gasteiger charge is -2.69. The Labute approximate surface area is 90.0 Å². The van der Waals surface area contributed by atoms with Gasteiger partial charge in [0.2, 0.25) is 0 Å². The molecule has 0 aromatic carbocycles. The van der Waals surface area contributed by atoms with Gasteiger partial charge in [-0.15, -0.1) is 0 Å². The zero-order valence-corrected chi connectivity index (χ0v) is 10.8. The van der Waals surface area contributed by atoms with Gasteiger partial charge in [0.05, 0.1) is 0 Å². The summed E-state index contributed by atoms with van der Waals surface area (Å²) in [4.78, 5) is 0. The van der Waals surface area contributed by atoms with E-state index in [1.54, 1.807) is 15.0 Å². The Kier molecular flexibility index (Phi) is 1.65. The van der Waals surface area contributed by atoms with E-state index in [0.29, 0.717) is 16.0 Å². The molecule has 0 spiro atoms. The average Bonchev–Trinajstić information content (AvgIpc) is 1.98. The second-order valence-corrected chi connectivity index (χ2v) is 8.93. The summed E-state index contributed by atoms with van der Waals surface area (Å²) in [6.45, 7) is 10.2. The van der Waals surface area contributed by atoms with Gasteiger partial charge in [-0.25, -0.2) is 0 Å². The molecule has 0 N–H and O–H groups in total. The smallest absolute Gasteiger partial charge is 0.00224 e. The van der Waals surface area contributed by atoms with E-state index in [1.165, 1.54) is 19.3 Å². The quantitative estimate of drug-likeness (QED) is 0.521. The molecule has 0 amide bonds. The van der Waals surface area contributed by atoms with Gasteiger partial charge in [-0.2, -0.15) is 0 Å². The molecule has 1 heteroatoms. The molecule has 2 heterocycles. The predicted molar refractivity (Wildman–Crippen MR) is 63.0 cm³/mol. The fourth-order valence-electron chi connectivity index (χ4n) is 4.64. The van der Waals surface area contributed by atoms with E-state index in [2.05, 4.69) is 27.7 Å². The second kappa shape index (κ2) is 2.40. The minimum atomic E-state index is 0.564. The van der Waals surface area contributed by atoms with Crippen LogP contribution in [0.1, 0.15) is 53.4 Å². The standard InChI is InChI=1S/C13H22P/c1-11(2)12(3)6-9-5-10(8-12)14-13(11,4)7-9/h9-10H,5-8H2,1-4H3. The lowest BCUT2D eigenvalue weighted by molar-refractivity contribution is -0.0698. The first-order valence-corrected chi connectivity index (χ1v) is 7.05. The molecule has 2 saturated carbocycles. The maximum absolute atomic E-state index is 2.57. The fraction of sp³-hybridized carbons (Fsp3) is 1.00. The second-order valence-electron chi connectivity index (χ2n) is 6.96. The zero-order chi connectivity index (χ0) is 10.2. The third kappa shape index (κ3) is 0.902. The normalized spacial score (nSPS) is 60.9. The Bertz CT molecular complexity index is 241. The first kappa shape index (κ1) is 9.64. The van der Waals surface area contributed by atoms with Crippen LogP contribution in [0.2, 0.25) is 0 Å². The van der Waals surface area contributed by atoms with Crippen LogP contribution in [0, 0.1) is 16.7 Å². The molecule has 14 heavy (non-hydrogen) atoms. The van der Waals surface area contributed by atoms with Crippen molar-refractivity contribution in [1.29, 1.82) is 0 Å². The largest absolute Gasteiger partial charge is 0.0703 e. The summed E-state index contributed by atoms with van der Waals surface area (Å²) < 4.78 is 0. The monoisotopic (exact) mass is 209 g/mol. The van der Waals surface area contributed by atoms with Crippen LogP contribution in [0.5, 0.6) is 0 Å². The van der Waals surface area contributed by atoms with Crippen LogP contribution in [0.3, 0.4) is 0 Å². The highest BCUT2D eigenvalue weighted by atomic mass is 31.1. The summed E-state index contributed by atoms with van der Waals surface area (Å²) in [5.74, 6) is 1.07. The minimum Gasteiger partial charge on any atom is -0.0703 e.